The molecule has 0 amide bonds. The zero-order chi connectivity index (χ0) is 14.8. The number of benzene rings is 1. The predicted octanol–water partition coefficient (Wildman–Crippen LogP) is 0.959. The van der Waals surface area contributed by atoms with Gasteiger partial charge in [0.15, 0.2) is 11.6 Å². The van der Waals surface area contributed by atoms with Crippen LogP contribution < -0.4 is 5.46 Å². The highest BCUT2D eigenvalue weighted by molar-refractivity contribution is 7.09. The van der Waals surface area contributed by atoms with Crippen LogP contribution in [0.3, 0.4) is 0 Å². The maximum atomic E-state index is 13.6. The zero-order valence-corrected chi connectivity index (χ0v) is 8.88. The van der Waals surface area contributed by atoms with Gasteiger partial charge in [-0.05, 0) is 0 Å². The lowest BCUT2D eigenvalue weighted by atomic mass is 9.25. The van der Waals surface area contributed by atoms with Gasteiger partial charge >= 0.3 is 6.15 Å². The van der Waals surface area contributed by atoms with Gasteiger partial charge in [0.2, 0.25) is 0 Å². The Morgan fingerprint density at radius 2 is 1.05 bits per heavy atom. The highest BCUT2D eigenvalue weighted by Gasteiger charge is 2.37. The fourth-order valence-corrected chi connectivity index (χ4v) is 1.41. The second-order valence-electron chi connectivity index (χ2n) is 3.41. The quantitative estimate of drug-likeness (QED) is 0.428. The van der Waals surface area contributed by atoms with Crippen LogP contribution >= 0.6 is 0 Å². The molecule has 0 N–H and O–H groups in total. The van der Waals surface area contributed by atoms with Crippen LogP contribution in [0.5, 0.6) is 0 Å². The SMILES string of the molecule is N#Cc1c(F)c(F)c([B-](C#N)(C#N)C#N)c(F)c1F. The molecule has 0 aliphatic heterocycles. The highest BCUT2D eigenvalue weighted by atomic mass is 19.2. The van der Waals surface area contributed by atoms with Gasteiger partial charge in [-0.3, -0.25) is 0 Å². The summed E-state index contributed by atoms with van der Waals surface area (Å²) in [5.41, 5.74) is -3.14. The van der Waals surface area contributed by atoms with E-state index >= 15 is 0 Å². The van der Waals surface area contributed by atoms with Gasteiger partial charge < -0.3 is 0 Å². The van der Waals surface area contributed by atoms with Crippen molar-refractivity contribution in [1.82, 2.24) is 0 Å². The van der Waals surface area contributed by atoms with Crippen LogP contribution in [0.15, 0.2) is 0 Å². The molecule has 0 bridgehead atoms. The van der Waals surface area contributed by atoms with E-state index in [1.165, 1.54) is 0 Å². The minimum absolute atomic E-state index is 0.906. The molecule has 9 heteroatoms. The predicted molar refractivity (Wildman–Crippen MR) is 53.2 cm³/mol. The number of hydrogen-bond donors (Lipinski definition) is 0. The van der Waals surface area contributed by atoms with Gasteiger partial charge in [-0.1, -0.05) is 5.46 Å². The number of nitriles is 4. The molecule has 1 rings (SSSR count). The molecule has 0 aliphatic rings. The Labute approximate surface area is 104 Å². The Hall–Kier alpha value is -3.04. The first-order valence-electron chi connectivity index (χ1n) is 4.56. The molecule has 0 atom stereocenters. The van der Waals surface area contributed by atoms with E-state index in [2.05, 4.69) is 0 Å². The summed E-state index contributed by atoms with van der Waals surface area (Å²) >= 11 is 0. The van der Waals surface area contributed by atoms with E-state index in [0.717, 1.165) is 24.0 Å². The summed E-state index contributed by atoms with van der Waals surface area (Å²) in [7, 11) is 0. The Kier molecular flexibility index (Phi) is 3.46. The van der Waals surface area contributed by atoms with Gasteiger partial charge in [0, 0.05) is 0 Å². The monoisotopic (exact) mass is 263 g/mol. The Bertz CT molecular complexity index is 667. The summed E-state index contributed by atoms with van der Waals surface area (Å²) in [5, 5.41) is 34.4. The lowest BCUT2D eigenvalue weighted by molar-refractivity contribution is 0.459. The van der Waals surface area contributed by atoms with Gasteiger partial charge in [0.1, 0.15) is 23.3 Å². The first kappa shape index (κ1) is 14.0. The van der Waals surface area contributed by atoms with Crippen LogP contribution in [-0.4, -0.2) is 6.15 Å². The molecule has 0 saturated carbocycles. The third-order valence-electron chi connectivity index (χ3n) is 2.42. The van der Waals surface area contributed by atoms with Crippen molar-refractivity contribution in [3.05, 3.63) is 28.8 Å². The van der Waals surface area contributed by atoms with Crippen molar-refractivity contribution in [2.45, 2.75) is 0 Å². The van der Waals surface area contributed by atoms with E-state index in [9.17, 15) is 17.6 Å². The number of hydrogen-bond acceptors (Lipinski definition) is 4. The second-order valence-corrected chi connectivity index (χ2v) is 3.41. The van der Waals surface area contributed by atoms with Crippen LogP contribution in [-0.2, 0) is 0 Å². The maximum absolute atomic E-state index is 13.6. The number of halogens is 4. The third kappa shape index (κ3) is 1.75. The molecular formula is C10BF4N4-. The van der Waals surface area contributed by atoms with Crippen molar-refractivity contribution >= 4 is 11.6 Å². The standard InChI is InChI=1S/C10BF4N4/c12-7-5(1-16)8(13)10(15)6(9(7)14)11(2-17,3-18)4-19/q-1. The summed E-state index contributed by atoms with van der Waals surface area (Å²) in [6, 6.07) is 0.906. The van der Waals surface area contributed by atoms with Crippen molar-refractivity contribution < 1.29 is 17.6 Å². The Morgan fingerprint density at radius 3 is 1.32 bits per heavy atom. The lowest BCUT2D eigenvalue weighted by Crippen LogP contribution is -2.50. The van der Waals surface area contributed by atoms with Crippen molar-refractivity contribution in [3.8, 4) is 24.0 Å². The third-order valence-corrected chi connectivity index (χ3v) is 2.42. The smallest absolute Gasteiger partial charge is 0.246 e. The van der Waals surface area contributed by atoms with Gasteiger partial charge in [-0.2, -0.15) is 5.26 Å². The van der Waals surface area contributed by atoms with Gasteiger partial charge in [0.05, 0.1) is 0 Å². The van der Waals surface area contributed by atoms with Gasteiger partial charge in [-0.15, -0.1) is 17.9 Å². The average Bonchev–Trinajstić information content (AvgIpc) is 2.42. The first-order chi connectivity index (χ1) is 8.90. The Morgan fingerprint density at radius 1 is 0.684 bits per heavy atom. The van der Waals surface area contributed by atoms with Gasteiger partial charge in [-0.25, -0.2) is 33.3 Å². The molecule has 92 valence electrons. The van der Waals surface area contributed by atoms with Gasteiger partial charge in [0.25, 0.3) is 0 Å². The van der Waals surface area contributed by atoms with Crippen LogP contribution in [0.4, 0.5) is 17.6 Å². The normalized spacial score (nSPS) is 9.89. The van der Waals surface area contributed by atoms with E-state index in [4.69, 9.17) is 21.0 Å². The topological polar surface area (TPSA) is 95.2 Å². The van der Waals surface area contributed by atoms with E-state index in [0.29, 0.717) is 0 Å². The largest absolute Gasteiger partial charge is 0.327 e. The zero-order valence-electron chi connectivity index (χ0n) is 8.88. The lowest BCUT2D eigenvalue weighted by Gasteiger charge is -2.20. The minimum atomic E-state index is -3.80. The minimum Gasteiger partial charge on any atom is -0.246 e. The molecule has 0 radical (unpaired) electrons. The van der Waals surface area contributed by atoms with Crippen LogP contribution in [0, 0.1) is 68.3 Å². The second kappa shape index (κ2) is 4.68. The highest BCUT2D eigenvalue weighted by Crippen LogP contribution is 2.19. The first-order valence-corrected chi connectivity index (χ1v) is 4.56. The molecule has 0 aromatic heterocycles. The van der Waals surface area contributed by atoms with E-state index in [-0.39, 0.29) is 0 Å². The van der Waals surface area contributed by atoms with Crippen LogP contribution in [0.1, 0.15) is 5.56 Å². The average molecular weight is 263 g/mol. The molecule has 4 nitrogen and oxygen atoms in total. The summed E-state index contributed by atoms with van der Waals surface area (Å²) in [6.07, 6.45) is -3.80. The van der Waals surface area contributed by atoms with Crippen LogP contribution in [0.25, 0.3) is 0 Å². The van der Waals surface area contributed by atoms with E-state index in [1.54, 1.807) is 0 Å². The molecule has 0 heterocycles. The molecular weight excluding hydrogens is 263 g/mol. The maximum Gasteiger partial charge on any atom is 0.327 e. The summed E-state index contributed by atoms with van der Waals surface area (Å²) in [4.78, 5) is 0. The molecule has 0 aliphatic carbocycles. The molecule has 0 saturated heterocycles. The molecule has 1 aromatic carbocycles. The van der Waals surface area contributed by atoms with Crippen molar-refractivity contribution in [2.24, 2.45) is 0 Å². The molecule has 0 fully saturated rings. The molecule has 1 aromatic rings. The molecule has 0 unspecified atom stereocenters. The van der Waals surface area contributed by atoms with E-state index < -0.39 is 40.4 Å². The molecule has 19 heavy (non-hydrogen) atoms. The molecule has 0 spiro atoms. The Balaban J connectivity index is 3.98. The van der Waals surface area contributed by atoms with E-state index in [1.807, 2.05) is 0 Å². The van der Waals surface area contributed by atoms with Crippen molar-refractivity contribution in [2.75, 3.05) is 0 Å². The number of nitrogens with zero attached hydrogens (tertiary/aromatic N) is 4. The number of rotatable bonds is 1. The van der Waals surface area contributed by atoms with Crippen molar-refractivity contribution in [3.63, 3.8) is 0 Å². The fourth-order valence-electron chi connectivity index (χ4n) is 1.41. The summed E-state index contributed by atoms with van der Waals surface area (Å²) < 4.78 is 53.8. The van der Waals surface area contributed by atoms with Crippen LogP contribution in [0.2, 0.25) is 0 Å². The summed E-state index contributed by atoms with van der Waals surface area (Å²) in [5.74, 6) is -5.15. The summed E-state index contributed by atoms with van der Waals surface area (Å²) in [6.45, 7) is 0. The fraction of sp³-hybridized carbons (Fsp3) is 0. The van der Waals surface area contributed by atoms with Crippen molar-refractivity contribution in [1.29, 1.82) is 21.0 Å².